The molecule has 2 unspecified atom stereocenters. The topological polar surface area (TPSA) is 52.6 Å². The van der Waals surface area contributed by atoms with E-state index in [2.05, 4.69) is 0 Å². The lowest BCUT2D eigenvalue weighted by Crippen LogP contribution is -2.17. The van der Waals surface area contributed by atoms with Gasteiger partial charge in [-0.25, -0.2) is 0 Å². The van der Waals surface area contributed by atoms with Crippen molar-refractivity contribution in [3.05, 3.63) is 0 Å². The second-order valence-corrected chi connectivity index (χ2v) is 8.55. The van der Waals surface area contributed by atoms with Crippen LogP contribution < -0.4 is 0 Å². The minimum Gasteiger partial charge on any atom is -0.465 e. The molecular weight excluding hydrogens is 344 g/mol. The van der Waals surface area contributed by atoms with Gasteiger partial charge < -0.3 is 9.47 Å². The van der Waals surface area contributed by atoms with Crippen LogP contribution in [0.25, 0.3) is 0 Å². The van der Waals surface area contributed by atoms with Gasteiger partial charge in [-0.05, 0) is 52.0 Å². The van der Waals surface area contributed by atoms with Crippen molar-refractivity contribution in [2.24, 2.45) is 0 Å². The van der Waals surface area contributed by atoms with Crippen molar-refractivity contribution in [2.45, 2.75) is 76.7 Å². The molecule has 0 heterocycles. The molecular formula is C18H34O4S2. The van der Waals surface area contributed by atoms with Crippen LogP contribution in [0.1, 0.15) is 66.2 Å². The van der Waals surface area contributed by atoms with Crippen LogP contribution in [0.4, 0.5) is 0 Å². The second-order valence-electron chi connectivity index (χ2n) is 5.65. The number of ether oxygens (including phenoxy) is 2. The first-order valence-corrected chi connectivity index (χ1v) is 11.2. The Morgan fingerprint density at radius 2 is 1.04 bits per heavy atom. The number of unbranched alkanes of at least 4 members (excludes halogenated alkanes) is 5. The second kappa shape index (κ2) is 16.1. The van der Waals surface area contributed by atoms with E-state index in [1.54, 1.807) is 23.5 Å². The Kier molecular flexibility index (Phi) is 15.9. The highest BCUT2D eigenvalue weighted by atomic mass is 32.2. The predicted octanol–water partition coefficient (Wildman–Crippen LogP) is 4.70. The molecule has 0 aliphatic rings. The smallest absolute Gasteiger partial charge is 0.318 e. The zero-order valence-electron chi connectivity index (χ0n) is 15.7. The first-order chi connectivity index (χ1) is 11.5. The molecule has 0 spiro atoms. The lowest BCUT2D eigenvalue weighted by atomic mass is 10.1. The molecule has 0 rings (SSSR count). The van der Waals surface area contributed by atoms with E-state index in [0.29, 0.717) is 13.2 Å². The molecule has 142 valence electrons. The largest absolute Gasteiger partial charge is 0.465 e. The lowest BCUT2D eigenvalue weighted by Gasteiger charge is -2.10. The number of hydrogen-bond acceptors (Lipinski definition) is 6. The van der Waals surface area contributed by atoms with Gasteiger partial charge in [0.1, 0.15) is 0 Å². The van der Waals surface area contributed by atoms with Crippen LogP contribution in [0, 0.1) is 0 Å². The Labute approximate surface area is 156 Å². The summed E-state index contributed by atoms with van der Waals surface area (Å²) in [4.78, 5) is 22.9. The van der Waals surface area contributed by atoms with E-state index < -0.39 is 0 Å². The predicted molar refractivity (Wildman–Crippen MR) is 105 cm³/mol. The number of esters is 2. The number of rotatable bonds is 15. The van der Waals surface area contributed by atoms with Crippen molar-refractivity contribution in [3.63, 3.8) is 0 Å². The Balaban J connectivity index is 3.37. The van der Waals surface area contributed by atoms with Crippen LogP contribution in [0.15, 0.2) is 0 Å². The van der Waals surface area contributed by atoms with Crippen molar-refractivity contribution in [1.82, 2.24) is 0 Å². The maximum absolute atomic E-state index is 11.5. The Bertz CT molecular complexity index is 305. The Morgan fingerprint density at radius 3 is 1.38 bits per heavy atom. The Hall–Kier alpha value is -0.360. The van der Waals surface area contributed by atoms with Crippen molar-refractivity contribution in [3.8, 4) is 0 Å². The zero-order valence-corrected chi connectivity index (χ0v) is 17.3. The van der Waals surface area contributed by atoms with Gasteiger partial charge in [0, 0.05) is 0 Å². The monoisotopic (exact) mass is 378 g/mol. The highest BCUT2D eigenvalue weighted by Gasteiger charge is 2.14. The summed E-state index contributed by atoms with van der Waals surface area (Å²) >= 11 is 3.37. The Morgan fingerprint density at radius 1 is 0.708 bits per heavy atom. The van der Waals surface area contributed by atoms with Crippen molar-refractivity contribution in [2.75, 3.05) is 24.7 Å². The van der Waals surface area contributed by atoms with Gasteiger partial charge in [0.25, 0.3) is 0 Å². The molecule has 0 saturated carbocycles. The quantitative estimate of drug-likeness (QED) is 0.304. The summed E-state index contributed by atoms with van der Waals surface area (Å²) in [6.45, 7) is 8.42. The van der Waals surface area contributed by atoms with E-state index in [1.165, 1.54) is 25.7 Å². The molecule has 0 saturated heterocycles. The van der Waals surface area contributed by atoms with Gasteiger partial charge in [0.05, 0.1) is 23.7 Å². The van der Waals surface area contributed by atoms with E-state index in [9.17, 15) is 9.59 Å². The van der Waals surface area contributed by atoms with Crippen molar-refractivity contribution >= 4 is 35.5 Å². The maximum atomic E-state index is 11.5. The van der Waals surface area contributed by atoms with Gasteiger partial charge in [0.2, 0.25) is 0 Å². The SMILES string of the molecule is CCOC(=O)C(C)SCCCCCCCCSC(C)C(=O)OCC. The van der Waals surface area contributed by atoms with E-state index in [-0.39, 0.29) is 22.4 Å². The minimum atomic E-state index is -0.1000. The van der Waals surface area contributed by atoms with Crippen LogP contribution in [-0.2, 0) is 19.1 Å². The third kappa shape index (κ3) is 13.0. The van der Waals surface area contributed by atoms with Gasteiger partial charge in [-0.2, -0.15) is 0 Å². The van der Waals surface area contributed by atoms with Crippen LogP contribution in [0.3, 0.4) is 0 Å². The summed E-state index contributed by atoms with van der Waals surface area (Å²) < 4.78 is 9.98. The van der Waals surface area contributed by atoms with Crippen LogP contribution in [0.5, 0.6) is 0 Å². The summed E-state index contributed by atoms with van der Waals surface area (Å²) in [6.07, 6.45) is 7.23. The van der Waals surface area contributed by atoms with Gasteiger partial charge in [-0.3, -0.25) is 9.59 Å². The molecule has 0 bridgehead atoms. The highest BCUT2D eigenvalue weighted by Crippen LogP contribution is 2.17. The fourth-order valence-corrected chi connectivity index (χ4v) is 3.94. The van der Waals surface area contributed by atoms with Crippen molar-refractivity contribution < 1.29 is 19.1 Å². The molecule has 0 amide bonds. The number of carbonyl (C=O) groups excluding carboxylic acids is 2. The molecule has 0 radical (unpaired) electrons. The summed E-state index contributed by atoms with van der Waals surface area (Å²) in [5, 5.41) is -0.105. The highest BCUT2D eigenvalue weighted by molar-refractivity contribution is 8.00. The number of carbonyl (C=O) groups is 2. The van der Waals surface area contributed by atoms with Crippen molar-refractivity contribution in [1.29, 1.82) is 0 Å². The van der Waals surface area contributed by atoms with Crippen LogP contribution >= 0.6 is 23.5 Å². The molecule has 2 atom stereocenters. The average molecular weight is 379 g/mol. The molecule has 4 nitrogen and oxygen atoms in total. The molecule has 0 aromatic heterocycles. The molecule has 0 aliphatic heterocycles. The van der Waals surface area contributed by atoms with Gasteiger partial charge in [0.15, 0.2) is 0 Å². The molecule has 0 N–H and O–H groups in total. The first kappa shape index (κ1) is 23.6. The van der Waals surface area contributed by atoms with Gasteiger partial charge in [-0.15, -0.1) is 23.5 Å². The van der Waals surface area contributed by atoms with E-state index in [4.69, 9.17) is 9.47 Å². The summed E-state index contributed by atoms with van der Waals surface area (Å²) in [5.74, 6) is 1.84. The van der Waals surface area contributed by atoms with Crippen LogP contribution in [-0.4, -0.2) is 47.2 Å². The zero-order chi connectivity index (χ0) is 18.2. The normalized spacial score (nSPS) is 13.3. The summed E-state index contributed by atoms with van der Waals surface area (Å²) in [6, 6.07) is 0. The third-order valence-electron chi connectivity index (χ3n) is 3.51. The van der Waals surface area contributed by atoms with E-state index >= 15 is 0 Å². The van der Waals surface area contributed by atoms with E-state index in [0.717, 1.165) is 24.3 Å². The standard InChI is InChI=1S/C18H34O4S2/c1-5-21-17(19)15(3)23-13-11-9-7-8-10-12-14-24-16(4)18(20)22-6-2/h15-16H,5-14H2,1-4H3. The molecule has 0 aromatic rings. The van der Waals surface area contributed by atoms with Gasteiger partial charge >= 0.3 is 11.9 Å². The molecule has 6 heteroatoms. The molecule has 0 fully saturated rings. The molecule has 24 heavy (non-hydrogen) atoms. The maximum Gasteiger partial charge on any atom is 0.318 e. The summed E-state index contributed by atoms with van der Waals surface area (Å²) in [5.41, 5.74) is 0. The number of thioether (sulfide) groups is 2. The molecule has 0 aromatic carbocycles. The lowest BCUT2D eigenvalue weighted by molar-refractivity contribution is -0.143. The fraction of sp³-hybridized carbons (Fsp3) is 0.889. The van der Waals surface area contributed by atoms with Gasteiger partial charge in [-0.1, -0.05) is 25.7 Å². The van der Waals surface area contributed by atoms with E-state index in [1.807, 2.05) is 27.7 Å². The van der Waals surface area contributed by atoms with Crippen LogP contribution in [0.2, 0.25) is 0 Å². The number of hydrogen-bond donors (Lipinski definition) is 0. The first-order valence-electron chi connectivity index (χ1n) is 9.09. The third-order valence-corrected chi connectivity index (χ3v) is 5.95. The minimum absolute atomic E-state index is 0.0524. The summed E-state index contributed by atoms with van der Waals surface area (Å²) in [7, 11) is 0. The fourth-order valence-electron chi connectivity index (χ4n) is 2.09. The average Bonchev–Trinajstić information content (AvgIpc) is 2.56. The molecule has 0 aliphatic carbocycles.